The average Bonchev–Trinajstić information content (AvgIpc) is 2.66. The molecule has 2 N–H and O–H groups in total. The van der Waals surface area contributed by atoms with Gasteiger partial charge in [-0.05, 0) is 79.9 Å². The first-order valence-electron chi connectivity index (χ1n) is 11.0. The average molecular weight is 394 g/mol. The van der Waals surface area contributed by atoms with Crippen molar-refractivity contribution >= 4 is 17.5 Å². The number of hydrogen-bond donors (Lipinski definition) is 2. The predicted molar refractivity (Wildman–Crippen MR) is 112 cm³/mol. The molecule has 1 atom stereocenters. The molecule has 0 unspecified atom stereocenters. The van der Waals surface area contributed by atoms with Crippen LogP contribution in [0.1, 0.15) is 57.9 Å². The Morgan fingerprint density at radius 2 is 1.62 bits per heavy atom. The predicted octanol–water partition coefficient (Wildman–Crippen LogP) is 4.05. The molecule has 0 radical (unpaired) electrons. The number of benzene rings is 1. The lowest BCUT2D eigenvalue weighted by Crippen LogP contribution is -2.57. The third kappa shape index (κ3) is 4.03. The van der Waals surface area contributed by atoms with Gasteiger partial charge in [0.25, 0.3) is 0 Å². The van der Waals surface area contributed by atoms with E-state index in [0.29, 0.717) is 29.9 Å². The molecule has 4 aliphatic rings. The topological polar surface area (TPSA) is 82.0 Å². The van der Waals surface area contributed by atoms with Crippen molar-refractivity contribution in [1.29, 1.82) is 5.26 Å². The van der Waals surface area contributed by atoms with Gasteiger partial charge in [0, 0.05) is 11.1 Å². The smallest absolute Gasteiger partial charge is 0.247 e. The number of nitrogens with one attached hydrogen (secondary N) is 2. The van der Waals surface area contributed by atoms with Gasteiger partial charge >= 0.3 is 0 Å². The Kier molecular flexibility index (Phi) is 5.38. The Balaban J connectivity index is 1.43. The lowest BCUT2D eigenvalue weighted by molar-refractivity contribution is -0.148. The van der Waals surface area contributed by atoms with Crippen LogP contribution in [0.4, 0.5) is 5.69 Å². The van der Waals surface area contributed by atoms with Crippen molar-refractivity contribution in [2.75, 3.05) is 5.32 Å². The highest BCUT2D eigenvalue weighted by molar-refractivity contribution is 5.98. The molecular formula is C24H31N3O2. The molecule has 0 aromatic heterocycles. The highest BCUT2D eigenvalue weighted by atomic mass is 16.2. The number of nitriles is 1. The van der Waals surface area contributed by atoms with E-state index < -0.39 is 6.04 Å². The molecule has 0 saturated heterocycles. The number of rotatable bonds is 6. The van der Waals surface area contributed by atoms with E-state index in [2.05, 4.69) is 16.7 Å². The van der Waals surface area contributed by atoms with Crippen LogP contribution in [-0.2, 0) is 16.0 Å². The van der Waals surface area contributed by atoms with Crippen molar-refractivity contribution < 1.29 is 9.59 Å². The second-order valence-electron chi connectivity index (χ2n) is 9.91. The van der Waals surface area contributed by atoms with Gasteiger partial charge in [-0.3, -0.25) is 9.59 Å². The molecule has 2 amide bonds. The summed E-state index contributed by atoms with van der Waals surface area (Å²) in [5.74, 6) is 2.02. The molecule has 4 bridgehead atoms. The van der Waals surface area contributed by atoms with Crippen LogP contribution in [0.2, 0.25) is 0 Å². The second kappa shape index (κ2) is 7.82. The van der Waals surface area contributed by atoms with Crippen LogP contribution in [0.15, 0.2) is 24.3 Å². The zero-order chi connectivity index (χ0) is 20.6. The van der Waals surface area contributed by atoms with Crippen LogP contribution < -0.4 is 10.6 Å². The monoisotopic (exact) mass is 393 g/mol. The van der Waals surface area contributed by atoms with Gasteiger partial charge in [-0.2, -0.15) is 5.26 Å². The summed E-state index contributed by atoms with van der Waals surface area (Å²) in [5, 5.41) is 14.8. The molecule has 1 aromatic rings. The number of nitrogens with zero attached hydrogens (tertiary/aromatic N) is 1. The highest BCUT2D eigenvalue weighted by Crippen LogP contribution is 2.60. The van der Waals surface area contributed by atoms with Crippen LogP contribution in [0.5, 0.6) is 0 Å². The summed E-state index contributed by atoms with van der Waals surface area (Å²) in [4.78, 5) is 26.3. The SMILES string of the molecule is CC(C)[C@@H](NC(=O)C12CC3CC(CC(C3)C1)C2)C(=O)Nc1ccc(CC#N)cc1. The lowest BCUT2D eigenvalue weighted by atomic mass is 9.49. The molecule has 5 rings (SSSR count). The molecule has 5 nitrogen and oxygen atoms in total. The first kappa shape index (κ1) is 19.9. The number of anilines is 1. The molecule has 4 saturated carbocycles. The van der Waals surface area contributed by atoms with Crippen molar-refractivity contribution in [3.05, 3.63) is 29.8 Å². The third-order valence-corrected chi connectivity index (χ3v) is 7.26. The van der Waals surface area contributed by atoms with Gasteiger partial charge in [0.05, 0.1) is 12.5 Å². The summed E-state index contributed by atoms with van der Waals surface area (Å²) >= 11 is 0. The summed E-state index contributed by atoms with van der Waals surface area (Å²) in [7, 11) is 0. The van der Waals surface area contributed by atoms with Gasteiger partial charge in [0.1, 0.15) is 6.04 Å². The molecule has 4 fully saturated rings. The maximum absolute atomic E-state index is 13.4. The van der Waals surface area contributed by atoms with E-state index in [1.807, 2.05) is 38.1 Å². The van der Waals surface area contributed by atoms with Crippen LogP contribution in [-0.4, -0.2) is 17.9 Å². The minimum atomic E-state index is -0.547. The van der Waals surface area contributed by atoms with Crippen LogP contribution in [0.25, 0.3) is 0 Å². The Labute approximate surface area is 173 Å². The Morgan fingerprint density at radius 3 is 2.10 bits per heavy atom. The van der Waals surface area contributed by atoms with Crippen molar-refractivity contribution in [2.24, 2.45) is 29.1 Å². The van der Waals surface area contributed by atoms with Crippen molar-refractivity contribution in [2.45, 2.75) is 64.8 Å². The van der Waals surface area contributed by atoms with Crippen LogP contribution >= 0.6 is 0 Å². The van der Waals surface area contributed by atoms with Gasteiger partial charge in [0.2, 0.25) is 11.8 Å². The van der Waals surface area contributed by atoms with Gasteiger partial charge in [-0.1, -0.05) is 26.0 Å². The lowest BCUT2D eigenvalue weighted by Gasteiger charge is -2.55. The van der Waals surface area contributed by atoms with Gasteiger partial charge in [-0.15, -0.1) is 0 Å². The fourth-order valence-corrected chi connectivity index (χ4v) is 6.24. The van der Waals surface area contributed by atoms with E-state index >= 15 is 0 Å². The number of carbonyl (C=O) groups excluding carboxylic acids is 2. The maximum Gasteiger partial charge on any atom is 0.247 e. The summed E-state index contributed by atoms with van der Waals surface area (Å²) in [6.07, 6.45) is 7.23. The Hall–Kier alpha value is -2.35. The maximum atomic E-state index is 13.4. The number of amides is 2. The van der Waals surface area contributed by atoms with E-state index in [1.54, 1.807) is 0 Å². The normalized spacial score (nSPS) is 30.6. The van der Waals surface area contributed by atoms with Gasteiger partial charge in [0.15, 0.2) is 0 Å². The minimum absolute atomic E-state index is 0.00530. The first-order chi connectivity index (χ1) is 13.9. The summed E-state index contributed by atoms with van der Waals surface area (Å²) in [6.45, 7) is 3.94. The third-order valence-electron chi connectivity index (χ3n) is 7.26. The number of carbonyl (C=O) groups is 2. The fourth-order valence-electron chi connectivity index (χ4n) is 6.24. The molecule has 0 spiro atoms. The van der Waals surface area contributed by atoms with Crippen molar-refractivity contribution in [3.8, 4) is 6.07 Å². The largest absolute Gasteiger partial charge is 0.344 e. The second-order valence-corrected chi connectivity index (χ2v) is 9.91. The molecule has 154 valence electrons. The van der Waals surface area contributed by atoms with E-state index in [1.165, 1.54) is 19.3 Å². The summed E-state index contributed by atoms with van der Waals surface area (Å²) in [6, 6.07) is 8.88. The van der Waals surface area contributed by atoms with E-state index in [4.69, 9.17) is 5.26 Å². The molecule has 0 aliphatic heterocycles. The molecule has 1 aromatic carbocycles. The number of hydrogen-bond acceptors (Lipinski definition) is 3. The molecule has 0 heterocycles. The fraction of sp³-hybridized carbons (Fsp3) is 0.625. The van der Waals surface area contributed by atoms with Crippen LogP contribution in [0.3, 0.4) is 0 Å². The Morgan fingerprint density at radius 1 is 1.07 bits per heavy atom. The zero-order valence-corrected chi connectivity index (χ0v) is 17.4. The molecule has 4 aliphatic carbocycles. The van der Waals surface area contributed by atoms with Gasteiger partial charge < -0.3 is 10.6 Å². The van der Waals surface area contributed by atoms with Crippen molar-refractivity contribution in [3.63, 3.8) is 0 Å². The minimum Gasteiger partial charge on any atom is -0.344 e. The summed E-state index contributed by atoms with van der Waals surface area (Å²) in [5.41, 5.74) is 1.36. The highest BCUT2D eigenvalue weighted by Gasteiger charge is 2.55. The van der Waals surface area contributed by atoms with E-state index in [-0.39, 0.29) is 23.1 Å². The van der Waals surface area contributed by atoms with Crippen molar-refractivity contribution in [1.82, 2.24) is 5.32 Å². The standard InChI is InChI=1S/C24H31N3O2/c1-15(2)21(22(28)26-20-5-3-16(4-6-20)7-8-25)27-23(29)24-12-17-9-18(13-24)11-19(10-17)14-24/h3-6,15,17-19,21H,7,9-14H2,1-2H3,(H,26,28)(H,27,29)/t17?,18?,19?,21-,24?/m1/s1. The zero-order valence-electron chi connectivity index (χ0n) is 17.4. The summed E-state index contributed by atoms with van der Waals surface area (Å²) < 4.78 is 0. The molecule has 29 heavy (non-hydrogen) atoms. The molecule has 5 heteroatoms. The first-order valence-corrected chi connectivity index (χ1v) is 11.0. The molecular weight excluding hydrogens is 362 g/mol. The Bertz CT molecular complexity index is 786. The van der Waals surface area contributed by atoms with E-state index in [0.717, 1.165) is 24.8 Å². The van der Waals surface area contributed by atoms with Gasteiger partial charge in [-0.25, -0.2) is 0 Å². The van der Waals surface area contributed by atoms with E-state index in [9.17, 15) is 9.59 Å². The van der Waals surface area contributed by atoms with Crippen LogP contribution in [0, 0.1) is 40.4 Å². The quantitative estimate of drug-likeness (QED) is 0.765.